The molecule has 0 aromatic heterocycles. The average molecular weight is 403 g/mol. The van der Waals surface area contributed by atoms with Crippen LogP contribution >= 0.6 is 0 Å². The Morgan fingerprint density at radius 3 is 2.29 bits per heavy atom. The molecule has 0 spiro atoms. The highest BCUT2D eigenvalue weighted by Crippen LogP contribution is 2.19. The molecule has 28 heavy (non-hydrogen) atoms. The third-order valence-electron chi connectivity index (χ3n) is 4.98. The van der Waals surface area contributed by atoms with E-state index in [1.165, 1.54) is 4.31 Å². The molecule has 7 heteroatoms. The summed E-state index contributed by atoms with van der Waals surface area (Å²) in [5.41, 5.74) is 1.93. The van der Waals surface area contributed by atoms with Gasteiger partial charge in [0.15, 0.2) is 0 Å². The maximum absolute atomic E-state index is 12.9. The van der Waals surface area contributed by atoms with Crippen molar-refractivity contribution in [3.8, 4) is 5.75 Å². The molecule has 0 unspecified atom stereocenters. The number of benzene rings is 2. The van der Waals surface area contributed by atoms with Gasteiger partial charge in [-0.1, -0.05) is 29.8 Å². The van der Waals surface area contributed by atoms with E-state index in [1.807, 2.05) is 31.2 Å². The summed E-state index contributed by atoms with van der Waals surface area (Å²) in [5, 5.41) is 0. The summed E-state index contributed by atoms with van der Waals surface area (Å²) in [6.07, 6.45) is 0.925. The molecule has 2 aromatic rings. The molecule has 0 aliphatic carbocycles. The van der Waals surface area contributed by atoms with Crippen molar-refractivity contribution in [2.75, 3.05) is 33.3 Å². The number of rotatable bonds is 5. The summed E-state index contributed by atoms with van der Waals surface area (Å²) in [6, 6.07) is 14.3. The molecule has 1 amide bonds. The van der Waals surface area contributed by atoms with Gasteiger partial charge in [-0.2, -0.15) is 4.31 Å². The first kappa shape index (κ1) is 20.4. The largest absolute Gasteiger partial charge is 0.497 e. The topological polar surface area (TPSA) is 66.9 Å². The normalized spacial score (nSPS) is 15.9. The number of hydrogen-bond acceptors (Lipinski definition) is 4. The quantitative estimate of drug-likeness (QED) is 0.771. The highest BCUT2D eigenvalue weighted by atomic mass is 32.2. The molecular weight excluding hydrogens is 376 g/mol. The molecule has 1 aliphatic heterocycles. The molecule has 1 aliphatic rings. The van der Waals surface area contributed by atoms with Crippen LogP contribution in [0.5, 0.6) is 5.75 Å². The fourth-order valence-electron chi connectivity index (χ4n) is 3.27. The van der Waals surface area contributed by atoms with E-state index in [0.29, 0.717) is 43.9 Å². The molecule has 3 rings (SSSR count). The van der Waals surface area contributed by atoms with Crippen LogP contribution in [0.3, 0.4) is 0 Å². The van der Waals surface area contributed by atoms with Crippen molar-refractivity contribution < 1.29 is 17.9 Å². The van der Waals surface area contributed by atoms with E-state index >= 15 is 0 Å². The number of hydrogen-bond donors (Lipinski definition) is 0. The van der Waals surface area contributed by atoms with Crippen molar-refractivity contribution in [1.29, 1.82) is 0 Å². The molecule has 1 saturated heterocycles. The molecule has 0 atom stereocenters. The summed E-state index contributed by atoms with van der Waals surface area (Å²) in [6.45, 7) is 3.62. The van der Waals surface area contributed by atoms with Crippen molar-refractivity contribution in [2.24, 2.45) is 0 Å². The van der Waals surface area contributed by atoms with Gasteiger partial charge in [0.1, 0.15) is 5.75 Å². The fourth-order valence-corrected chi connectivity index (χ4v) is 4.74. The minimum Gasteiger partial charge on any atom is -0.497 e. The lowest BCUT2D eigenvalue weighted by atomic mass is 10.1. The molecule has 6 nitrogen and oxygen atoms in total. The minimum absolute atomic E-state index is 0.0137. The highest BCUT2D eigenvalue weighted by Gasteiger charge is 2.28. The predicted octanol–water partition coefficient (Wildman–Crippen LogP) is 2.47. The Morgan fingerprint density at radius 2 is 1.64 bits per heavy atom. The van der Waals surface area contributed by atoms with Gasteiger partial charge >= 0.3 is 0 Å². The van der Waals surface area contributed by atoms with E-state index in [2.05, 4.69) is 0 Å². The zero-order chi connectivity index (χ0) is 20.1. The second kappa shape index (κ2) is 8.75. The smallest absolute Gasteiger partial charge is 0.243 e. The molecule has 150 valence electrons. The zero-order valence-corrected chi connectivity index (χ0v) is 17.1. The maximum atomic E-state index is 12.9. The molecule has 0 saturated carbocycles. The lowest BCUT2D eigenvalue weighted by Gasteiger charge is -2.22. The Bertz CT molecular complexity index is 908. The summed E-state index contributed by atoms with van der Waals surface area (Å²) < 4.78 is 32.4. The molecule has 2 aromatic carbocycles. The van der Waals surface area contributed by atoms with Gasteiger partial charge in [0, 0.05) is 26.2 Å². The Labute approximate surface area is 166 Å². The van der Waals surface area contributed by atoms with Gasteiger partial charge in [-0.15, -0.1) is 0 Å². The van der Waals surface area contributed by atoms with Crippen LogP contribution in [0.15, 0.2) is 53.4 Å². The number of methoxy groups -OCH3 is 1. The molecule has 0 radical (unpaired) electrons. The molecule has 0 bridgehead atoms. The van der Waals surface area contributed by atoms with Gasteiger partial charge in [-0.25, -0.2) is 8.42 Å². The van der Waals surface area contributed by atoms with Crippen LogP contribution < -0.4 is 4.74 Å². The van der Waals surface area contributed by atoms with E-state index in [0.717, 1.165) is 16.9 Å². The Morgan fingerprint density at radius 1 is 0.964 bits per heavy atom. The monoisotopic (exact) mass is 402 g/mol. The number of sulfonamides is 1. The second-order valence-corrected chi connectivity index (χ2v) is 8.91. The lowest BCUT2D eigenvalue weighted by molar-refractivity contribution is -0.130. The Kier molecular flexibility index (Phi) is 6.36. The lowest BCUT2D eigenvalue weighted by Crippen LogP contribution is -2.38. The molecular formula is C21H26N2O4S. The molecule has 1 heterocycles. The van der Waals surface area contributed by atoms with Crippen LogP contribution in [-0.2, 0) is 21.2 Å². The minimum atomic E-state index is -3.54. The van der Waals surface area contributed by atoms with Gasteiger partial charge in [0.25, 0.3) is 0 Å². The van der Waals surface area contributed by atoms with E-state index in [-0.39, 0.29) is 5.91 Å². The summed E-state index contributed by atoms with van der Waals surface area (Å²) in [4.78, 5) is 14.7. The van der Waals surface area contributed by atoms with Crippen LogP contribution in [0.1, 0.15) is 17.5 Å². The number of amides is 1. The van der Waals surface area contributed by atoms with Crippen LogP contribution in [0, 0.1) is 6.92 Å². The number of carbonyl (C=O) groups excluding carboxylic acids is 1. The van der Waals surface area contributed by atoms with E-state index in [9.17, 15) is 13.2 Å². The SMILES string of the molecule is COc1ccc(CC(=O)N2CCCN(S(=O)(=O)c3ccc(C)cc3)CC2)cc1. The number of nitrogens with zero attached hydrogens (tertiary/aromatic N) is 2. The Hall–Kier alpha value is -2.38. The zero-order valence-electron chi connectivity index (χ0n) is 16.3. The van der Waals surface area contributed by atoms with Crippen molar-refractivity contribution in [1.82, 2.24) is 9.21 Å². The molecule has 0 N–H and O–H groups in total. The second-order valence-electron chi connectivity index (χ2n) is 6.98. The third kappa shape index (κ3) is 4.72. The number of carbonyl (C=O) groups is 1. The third-order valence-corrected chi connectivity index (χ3v) is 6.89. The van der Waals surface area contributed by atoms with Gasteiger partial charge in [0.05, 0.1) is 18.4 Å². The van der Waals surface area contributed by atoms with Gasteiger partial charge < -0.3 is 9.64 Å². The van der Waals surface area contributed by atoms with Crippen LogP contribution in [-0.4, -0.2) is 56.8 Å². The first-order valence-electron chi connectivity index (χ1n) is 9.37. The van der Waals surface area contributed by atoms with Crippen molar-refractivity contribution in [2.45, 2.75) is 24.7 Å². The van der Waals surface area contributed by atoms with E-state index < -0.39 is 10.0 Å². The van der Waals surface area contributed by atoms with Gasteiger partial charge in [-0.05, 0) is 43.2 Å². The standard InChI is InChI=1S/C21H26N2O4S/c1-17-4-10-20(11-5-17)28(25,26)23-13-3-12-22(14-15-23)21(24)16-18-6-8-19(27-2)9-7-18/h4-11H,3,12-16H2,1-2H3. The van der Waals surface area contributed by atoms with Crippen LogP contribution in [0.4, 0.5) is 0 Å². The predicted molar refractivity (Wildman–Crippen MR) is 108 cm³/mol. The summed E-state index contributed by atoms with van der Waals surface area (Å²) in [7, 11) is -1.93. The summed E-state index contributed by atoms with van der Waals surface area (Å²) in [5.74, 6) is 0.766. The van der Waals surface area contributed by atoms with Crippen LogP contribution in [0.2, 0.25) is 0 Å². The van der Waals surface area contributed by atoms with Gasteiger partial charge in [0.2, 0.25) is 15.9 Å². The first-order chi connectivity index (χ1) is 13.4. The van der Waals surface area contributed by atoms with E-state index in [4.69, 9.17) is 4.74 Å². The average Bonchev–Trinajstić information content (AvgIpc) is 2.96. The molecule has 1 fully saturated rings. The Balaban J connectivity index is 1.63. The number of ether oxygens (including phenoxy) is 1. The fraction of sp³-hybridized carbons (Fsp3) is 0.381. The first-order valence-corrected chi connectivity index (χ1v) is 10.8. The summed E-state index contributed by atoms with van der Waals surface area (Å²) >= 11 is 0. The van der Waals surface area contributed by atoms with Crippen LogP contribution in [0.25, 0.3) is 0 Å². The van der Waals surface area contributed by atoms with Crippen molar-refractivity contribution in [3.63, 3.8) is 0 Å². The number of aryl methyl sites for hydroxylation is 1. The van der Waals surface area contributed by atoms with E-state index in [1.54, 1.807) is 36.3 Å². The van der Waals surface area contributed by atoms with Crippen molar-refractivity contribution in [3.05, 3.63) is 59.7 Å². The highest BCUT2D eigenvalue weighted by molar-refractivity contribution is 7.89. The van der Waals surface area contributed by atoms with Gasteiger partial charge in [-0.3, -0.25) is 4.79 Å². The maximum Gasteiger partial charge on any atom is 0.243 e. The van der Waals surface area contributed by atoms with Crippen molar-refractivity contribution >= 4 is 15.9 Å².